The summed E-state index contributed by atoms with van der Waals surface area (Å²) in [6, 6.07) is 5.34. The molecule has 2 aromatic rings. The Hall–Kier alpha value is -1.84. The molecule has 0 unspecified atom stereocenters. The van der Waals surface area contributed by atoms with Crippen LogP contribution >= 0.6 is 0 Å². The SMILES string of the molecule is Cc1cccc(-c2[nH]nc(N)c2CC(C)C)c1F. The third kappa shape index (κ3) is 2.23. The zero-order valence-corrected chi connectivity index (χ0v) is 10.9. The fourth-order valence-corrected chi connectivity index (χ4v) is 2.06. The Morgan fingerprint density at radius 3 is 2.78 bits per heavy atom. The molecule has 0 aliphatic heterocycles. The molecular weight excluding hydrogens is 229 g/mol. The minimum absolute atomic E-state index is 0.217. The molecule has 1 aromatic carbocycles. The Balaban J connectivity index is 2.54. The first-order chi connectivity index (χ1) is 8.50. The van der Waals surface area contributed by atoms with Crippen LogP contribution in [-0.2, 0) is 6.42 Å². The fraction of sp³-hybridized carbons (Fsp3) is 0.357. The number of aromatic amines is 1. The van der Waals surface area contributed by atoms with E-state index in [2.05, 4.69) is 24.0 Å². The molecule has 0 atom stereocenters. The van der Waals surface area contributed by atoms with E-state index in [1.807, 2.05) is 6.07 Å². The molecule has 0 fully saturated rings. The summed E-state index contributed by atoms with van der Waals surface area (Å²) >= 11 is 0. The Morgan fingerprint density at radius 1 is 1.39 bits per heavy atom. The van der Waals surface area contributed by atoms with Crippen LogP contribution < -0.4 is 5.73 Å². The van der Waals surface area contributed by atoms with E-state index in [9.17, 15) is 4.39 Å². The fourth-order valence-electron chi connectivity index (χ4n) is 2.06. The Bertz CT molecular complexity index is 558. The van der Waals surface area contributed by atoms with E-state index < -0.39 is 0 Å². The highest BCUT2D eigenvalue weighted by molar-refractivity contribution is 5.69. The number of benzene rings is 1. The van der Waals surface area contributed by atoms with Crippen molar-refractivity contribution in [3.8, 4) is 11.3 Å². The molecule has 3 nitrogen and oxygen atoms in total. The van der Waals surface area contributed by atoms with Gasteiger partial charge in [0.2, 0.25) is 0 Å². The van der Waals surface area contributed by atoms with E-state index in [4.69, 9.17) is 5.73 Å². The normalized spacial score (nSPS) is 11.2. The Morgan fingerprint density at radius 2 is 2.11 bits per heavy atom. The van der Waals surface area contributed by atoms with Crippen molar-refractivity contribution in [1.82, 2.24) is 10.2 Å². The number of nitrogens with zero attached hydrogens (tertiary/aromatic N) is 1. The number of hydrogen-bond acceptors (Lipinski definition) is 2. The van der Waals surface area contributed by atoms with E-state index >= 15 is 0 Å². The van der Waals surface area contributed by atoms with Gasteiger partial charge >= 0.3 is 0 Å². The molecule has 0 saturated heterocycles. The van der Waals surface area contributed by atoms with Gasteiger partial charge in [-0.2, -0.15) is 5.10 Å². The van der Waals surface area contributed by atoms with Crippen molar-refractivity contribution in [3.63, 3.8) is 0 Å². The lowest BCUT2D eigenvalue weighted by molar-refractivity contribution is 0.619. The van der Waals surface area contributed by atoms with Crippen LogP contribution in [0, 0.1) is 18.7 Å². The molecule has 0 aliphatic carbocycles. The lowest BCUT2D eigenvalue weighted by atomic mass is 9.98. The monoisotopic (exact) mass is 247 g/mol. The summed E-state index contributed by atoms with van der Waals surface area (Å²) in [6.45, 7) is 5.95. The average molecular weight is 247 g/mol. The van der Waals surface area contributed by atoms with Gasteiger partial charge in [0.25, 0.3) is 0 Å². The summed E-state index contributed by atoms with van der Waals surface area (Å²) in [5.41, 5.74) is 8.60. The highest BCUT2D eigenvalue weighted by Gasteiger charge is 2.17. The zero-order valence-electron chi connectivity index (χ0n) is 10.9. The predicted octanol–water partition coefficient (Wildman–Crippen LogP) is 3.30. The summed E-state index contributed by atoms with van der Waals surface area (Å²) in [7, 11) is 0. The minimum atomic E-state index is -0.217. The van der Waals surface area contributed by atoms with Gasteiger partial charge in [0.1, 0.15) is 11.6 Å². The maximum atomic E-state index is 14.1. The van der Waals surface area contributed by atoms with Crippen LogP contribution in [0.1, 0.15) is 25.0 Å². The first-order valence-corrected chi connectivity index (χ1v) is 6.09. The number of aromatic nitrogens is 2. The lowest BCUT2D eigenvalue weighted by Gasteiger charge is -2.08. The van der Waals surface area contributed by atoms with Crippen LogP contribution in [0.3, 0.4) is 0 Å². The van der Waals surface area contributed by atoms with Gasteiger partial charge in [-0.15, -0.1) is 0 Å². The first-order valence-electron chi connectivity index (χ1n) is 6.09. The number of nitrogens with two attached hydrogens (primary N) is 1. The number of anilines is 1. The number of halogens is 1. The molecule has 0 bridgehead atoms. The van der Waals surface area contributed by atoms with E-state index in [0.717, 1.165) is 12.0 Å². The van der Waals surface area contributed by atoms with Gasteiger partial charge in [-0.25, -0.2) is 4.39 Å². The first kappa shape index (κ1) is 12.6. The number of nitrogen functional groups attached to an aromatic ring is 1. The average Bonchev–Trinajstić information content (AvgIpc) is 2.64. The van der Waals surface area contributed by atoms with Crippen molar-refractivity contribution < 1.29 is 4.39 Å². The van der Waals surface area contributed by atoms with E-state index in [1.54, 1.807) is 19.1 Å². The second-order valence-corrected chi connectivity index (χ2v) is 5.00. The van der Waals surface area contributed by atoms with Crippen LogP contribution in [-0.4, -0.2) is 10.2 Å². The molecule has 4 heteroatoms. The van der Waals surface area contributed by atoms with E-state index in [1.165, 1.54) is 0 Å². The lowest BCUT2D eigenvalue weighted by Crippen LogP contribution is -2.00. The smallest absolute Gasteiger partial charge is 0.149 e. The Kier molecular flexibility index (Phi) is 3.36. The molecule has 0 aliphatic rings. The number of rotatable bonds is 3. The summed E-state index contributed by atoms with van der Waals surface area (Å²) in [5, 5.41) is 6.85. The van der Waals surface area contributed by atoms with Gasteiger partial charge < -0.3 is 5.73 Å². The van der Waals surface area contributed by atoms with Crippen LogP contribution in [0.15, 0.2) is 18.2 Å². The Labute approximate surface area is 106 Å². The third-order valence-corrected chi connectivity index (χ3v) is 2.97. The van der Waals surface area contributed by atoms with Crippen molar-refractivity contribution in [3.05, 3.63) is 35.1 Å². The molecular formula is C14H18FN3. The molecule has 0 saturated carbocycles. The van der Waals surface area contributed by atoms with E-state index in [0.29, 0.717) is 28.6 Å². The van der Waals surface area contributed by atoms with Gasteiger partial charge in [0, 0.05) is 11.1 Å². The molecule has 0 amide bonds. The van der Waals surface area contributed by atoms with Gasteiger partial charge in [-0.3, -0.25) is 5.10 Å². The summed E-state index contributed by atoms with van der Waals surface area (Å²) < 4.78 is 14.1. The second-order valence-electron chi connectivity index (χ2n) is 5.00. The highest BCUT2D eigenvalue weighted by atomic mass is 19.1. The highest BCUT2D eigenvalue weighted by Crippen LogP contribution is 2.30. The minimum Gasteiger partial charge on any atom is -0.382 e. The molecule has 2 rings (SSSR count). The molecule has 1 heterocycles. The number of H-pyrrole nitrogens is 1. The molecule has 0 spiro atoms. The van der Waals surface area contributed by atoms with Crippen molar-refractivity contribution in [2.45, 2.75) is 27.2 Å². The second kappa shape index (κ2) is 4.80. The molecule has 1 aromatic heterocycles. The van der Waals surface area contributed by atoms with Gasteiger partial charge in [-0.1, -0.05) is 26.0 Å². The zero-order chi connectivity index (χ0) is 13.3. The van der Waals surface area contributed by atoms with Crippen molar-refractivity contribution in [2.24, 2.45) is 5.92 Å². The number of nitrogens with one attached hydrogen (secondary N) is 1. The quantitative estimate of drug-likeness (QED) is 0.874. The van der Waals surface area contributed by atoms with Crippen molar-refractivity contribution in [1.29, 1.82) is 0 Å². The largest absolute Gasteiger partial charge is 0.382 e. The summed E-state index contributed by atoms with van der Waals surface area (Å²) in [6.07, 6.45) is 0.783. The third-order valence-electron chi connectivity index (χ3n) is 2.97. The maximum absolute atomic E-state index is 14.1. The predicted molar refractivity (Wildman–Crippen MR) is 71.7 cm³/mol. The molecule has 3 N–H and O–H groups in total. The molecule has 18 heavy (non-hydrogen) atoms. The molecule has 96 valence electrons. The van der Waals surface area contributed by atoms with Gasteiger partial charge in [0.15, 0.2) is 0 Å². The standard InChI is InChI=1S/C14H18FN3/c1-8(2)7-11-13(17-18-14(11)16)10-6-4-5-9(3)12(10)15/h4-6,8H,7H2,1-3H3,(H3,16,17,18). The summed E-state index contributed by atoms with van der Waals surface area (Å²) in [4.78, 5) is 0. The molecule has 0 radical (unpaired) electrons. The van der Waals surface area contributed by atoms with Crippen LogP contribution in [0.5, 0.6) is 0 Å². The van der Waals surface area contributed by atoms with Crippen LogP contribution in [0.25, 0.3) is 11.3 Å². The number of aryl methyl sites for hydroxylation is 1. The number of hydrogen-bond donors (Lipinski definition) is 2. The van der Waals surface area contributed by atoms with Gasteiger partial charge in [-0.05, 0) is 30.9 Å². The van der Waals surface area contributed by atoms with Crippen LogP contribution in [0.4, 0.5) is 10.2 Å². The maximum Gasteiger partial charge on any atom is 0.149 e. The van der Waals surface area contributed by atoms with Crippen molar-refractivity contribution in [2.75, 3.05) is 5.73 Å². The van der Waals surface area contributed by atoms with Gasteiger partial charge in [0.05, 0.1) is 5.69 Å². The topological polar surface area (TPSA) is 54.7 Å². The van der Waals surface area contributed by atoms with E-state index in [-0.39, 0.29) is 5.82 Å². The summed E-state index contributed by atoms with van der Waals surface area (Å²) in [5.74, 6) is 0.683. The van der Waals surface area contributed by atoms with Crippen molar-refractivity contribution >= 4 is 5.82 Å². The van der Waals surface area contributed by atoms with Crippen LogP contribution in [0.2, 0.25) is 0 Å².